The Morgan fingerprint density at radius 1 is 1.14 bits per heavy atom. The van der Waals surface area contributed by atoms with E-state index in [0.717, 1.165) is 44.6 Å². The maximum atomic E-state index is 12.5. The fourth-order valence-electron chi connectivity index (χ4n) is 3.89. The molecular weight excluding hydrogens is 387 g/mol. The Bertz CT molecular complexity index is 528. The van der Waals surface area contributed by atoms with Gasteiger partial charge in [0, 0.05) is 32.7 Å². The van der Waals surface area contributed by atoms with Crippen molar-refractivity contribution in [1.82, 2.24) is 20.4 Å². The smallest absolute Gasteiger partial charge is 0.409 e. The lowest BCUT2D eigenvalue weighted by molar-refractivity contribution is -0.148. The number of guanidine groups is 1. The van der Waals surface area contributed by atoms with E-state index in [4.69, 9.17) is 4.74 Å². The molecule has 0 saturated carbocycles. The number of hydrogen-bond donors (Lipinski definition) is 2. The number of amides is 1. The number of piperidine rings is 2. The van der Waals surface area contributed by atoms with E-state index in [1.54, 1.807) is 18.9 Å². The highest BCUT2D eigenvalue weighted by Gasteiger charge is 2.32. The first-order valence-electron chi connectivity index (χ1n) is 10.5. The zero-order chi connectivity index (χ0) is 21.3. The molecule has 1 amide bonds. The number of ether oxygens (including phenoxy) is 1. The molecule has 0 bridgehead atoms. The van der Waals surface area contributed by atoms with E-state index in [9.17, 15) is 18.0 Å². The van der Waals surface area contributed by atoms with Crippen LogP contribution in [0.1, 0.15) is 39.0 Å². The number of likely N-dealkylation sites (tertiary alicyclic amines) is 2. The molecular formula is C19H34F3N5O2. The van der Waals surface area contributed by atoms with Crippen molar-refractivity contribution >= 4 is 12.1 Å². The molecule has 29 heavy (non-hydrogen) atoms. The number of carbonyl (C=O) groups excluding carboxylic acids is 1. The number of alkyl halides is 3. The summed E-state index contributed by atoms with van der Waals surface area (Å²) in [7, 11) is 1.72. The predicted octanol–water partition coefficient (Wildman–Crippen LogP) is 2.44. The van der Waals surface area contributed by atoms with Gasteiger partial charge in [0.1, 0.15) is 0 Å². The zero-order valence-electron chi connectivity index (χ0n) is 17.4. The van der Waals surface area contributed by atoms with Gasteiger partial charge in [0.25, 0.3) is 0 Å². The third kappa shape index (κ3) is 8.67. The largest absolute Gasteiger partial charge is 0.450 e. The number of halogens is 3. The molecule has 0 aromatic rings. The summed E-state index contributed by atoms with van der Waals surface area (Å²) in [4.78, 5) is 19.2. The summed E-state index contributed by atoms with van der Waals surface area (Å²) in [5.74, 6) is 1.17. The Balaban J connectivity index is 1.61. The molecule has 2 heterocycles. The highest BCUT2D eigenvalue weighted by Crippen LogP contribution is 2.24. The fourth-order valence-corrected chi connectivity index (χ4v) is 3.89. The first-order valence-corrected chi connectivity index (χ1v) is 10.5. The lowest BCUT2D eigenvalue weighted by atomic mass is 9.93. The molecule has 0 aromatic carbocycles. The van der Waals surface area contributed by atoms with Crippen molar-refractivity contribution in [2.24, 2.45) is 10.9 Å². The molecule has 0 unspecified atom stereocenters. The molecule has 0 radical (unpaired) electrons. The first-order chi connectivity index (χ1) is 13.8. The molecule has 2 aliphatic rings. The van der Waals surface area contributed by atoms with Gasteiger partial charge in [-0.05, 0) is 58.0 Å². The van der Waals surface area contributed by atoms with Crippen LogP contribution < -0.4 is 10.6 Å². The summed E-state index contributed by atoms with van der Waals surface area (Å²) < 4.78 is 42.4. The van der Waals surface area contributed by atoms with Gasteiger partial charge in [0.05, 0.1) is 13.2 Å². The Labute approximate surface area is 171 Å². The van der Waals surface area contributed by atoms with Gasteiger partial charge in [-0.25, -0.2) is 4.79 Å². The molecule has 7 nitrogen and oxygen atoms in total. The molecule has 2 rings (SSSR count). The molecule has 0 aromatic heterocycles. The van der Waals surface area contributed by atoms with Crippen LogP contribution in [0.25, 0.3) is 0 Å². The van der Waals surface area contributed by atoms with E-state index < -0.39 is 12.7 Å². The number of carbonyl (C=O) groups is 1. The standard InChI is InChI=1S/C19H34F3N5O2/c1-3-29-18(28)27-12-7-16(8-13-27)25-17(23-2)24-9-4-15-5-10-26(11-6-15)14-19(20,21)22/h15-16H,3-14H2,1-2H3,(H2,23,24,25). The lowest BCUT2D eigenvalue weighted by Crippen LogP contribution is -2.50. The lowest BCUT2D eigenvalue weighted by Gasteiger charge is -2.33. The minimum absolute atomic E-state index is 0.248. The van der Waals surface area contributed by atoms with Crippen LogP contribution in [-0.2, 0) is 4.74 Å². The highest BCUT2D eigenvalue weighted by atomic mass is 19.4. The summed E-state index contributed by atoms with van der Waals surface area (Å²) in [6.07, 6.45) is -0.184. The Hall–Kier alpha value is -1.71. The van der Waals surface area contributed by atoms with E-state index in [1.165, 1.54) is 4.90 Å². The van der Waals surface area contributed by atoms with Gasteiger partial charge in [0.15, 0.2) is 5.96 Å². The second-order valence-electron chi connectivity index (χ2n) is 7.73. The minimum Gasteiger partial charge on any atom is -0.450 e. The summed E-state index contributed by atoms with van der Waals surface area (Å²) in [5.41, 5.74) is 0. The fraction of sp³-hybridized carbons (Fsp3) is 0.895. The van der Waals surface area contributed by atoms with Gasteiger partial charge >= 0.3 is 12.3 Å². The summed E-state index contributed by atoms with van der Waals surface area (Å²) in [5, 5.41) is 6.70. The second-order valence-corrected chi connectivity index (χ2v) is 7.73. The molecule has 168 valence electrons. The molecule has 2 saturated heterocycles. The van der Waals surface area contributed by atoms with Crippen molar-refractivity contribution in [3.05, 3.63) is 0 Å². The third-order valence-electron chi connectivity index (χ3n) is 5.54. The number of nitrogens with one attached hydrogen (secondary N) is 2. The topological polar surface area (TPSA) is 69.2 Å². The van der Waals surface area contributed by atoms with Crippen molar-refractivity contribution in [1.29, 1.82) is 0 Å². The van der Waals surface area contributed by atoms with E-state index in [-0.39, 0.29) is 12.1 Å². The summed E-state index contributed by atoms with van der Waals surface area (Å²) >= 11 is 0. The van der Waals surface area contributed by atoms with Gasteiger partial charge in [-0.3, -0.25) is 9.89 Å². The van der Waals surface area contributed by atoms with Crippen molar-refractivity contribution in [3.63, 3.8) is 0 Å². The average Bonchev–Trinajstić information content (AvgIpc) is 2.68. The number of nitrogens with zero attached hydrogens (tertiary/aromatic N) is 3. The maximum absolute atomic E-state index is 12.5. The Morgan fingerprint density at radius 3 is 2.34 bits per heavy atom. The predicted molar refractivity (Wildman–Crippen MR) is 106 cm³/mol. The van der Waals surface area contributed by atoms with Crippen molar-refractivity contribution in [3.8, 4) is 0 Å². The Kier molecular flexibility index (Phi) is 9.32. The maximum Gasteiger partial charge on any atom is 0.409 e. The van der Waals surface area contributed by atoms with Crippen LogP contribution in [0.15, 0.2) is 4.99 Å². The molecule has 2 N–H and O–H groups in total. The highest BCUT2D eigenvalue weighted by molar-refractivity contribution is 5.80. The Morgan fingerprint density at radius 2 is 1.79 bits per heavy atom. The van der Waals surface area contributed by atoms with Crippen LogP contribution in [0.2, 0.25) is 0 Å². The van der Waals surface area contributed by atoms with Gasteiger partial charge in [0.2, 0.25) is 0 Å². The van der Waals surface area contributed by atoms with Crippen molar-refractivity contribution < 1.29 is 22.7 Å². The quantitative estimate of drug-likeness (QED) is 0.509. The van der Waals surface area contributed by atoms with Gasteiger partial charge in [-0.15, -0.1) is 0 Å². The van der Waals surface area contributed by atoms with Gasteiger partial charge in [-0.1, -0.05) is 0 Å². The van der Waals surface area contributed by atoms with E-state index >= 15 is 0 Å². The third-order valence-corrected chi connectivity index (χ3v) is 5.54. The van der Waals surface area contributed by atoms with Crippen LogP contribution in [-0.4, -0.2) is 87.0 Å². The SMILES string of the molecule is CCOC(=O)N1CCC(NC(=NC)NCCC2CCN(CC(F)(F)F)CC2)CC1. The first kappa shape index (κ1) is 23.6. The molecule has 0 spiro atoms. The van der Waals surface area contributed by atoms with Crippen LogP contribution in [0.3, 0.4) is 0 Å². The average molecular weight is 422 g/mol. The summed E-state index contributed by atoms with van der Waals surface area (Å²) in [6.45, 7) is 4.46. The van der Waals surface area contributed by atoms with Crippen molar-refractivity contribution in [2.45, 2.75) is 51.2 Å². The molecule has 0 aliphatic carbocycles. The number of hydrogen-bond acceptors (Lipinski definition) is 4. The van der Waals surface area contributed by atoms with Crippen molar-refractivity contribution in [2.75, 3.05) is 52.9 Å². The van der Waals surface area contributed by atoms with Crippen LogP contribution in [0, 0.1) is 5.92 Å². The van der Waals surface area contributed by atoms with E-state index in [0.29, 0.717) is 38.7 Å². The van der Waals surface area contributed by atoms with Crippen LogP contribution >= 0.6 is 0 Å². The van der Waals surface area contributed by atoms with Gasteiger partial charge < -0.3 is 20.3 Å². The van der Waals surface area contributed by atoms with Crippen LogP contribution in [0.5, 0.6) is 0 Å². The number of aliphatic imine (C=N–C) groups is 1. The monoisotopic (exact) mass is 421 g/mol. The summed E-state index contributed by atoms with van der Waals surface area (Å²) in [6, 6.07) is 0.248. The zero-order valence-corrected chi connectivity index (χ0v) is 17.4. The molecule has 2 aliphatic heterocycles. The second kappa shape index (κ2) is 11.5. The normalized spacial score (nSPS) is 20.6. The molecule has 2 fully saturated rings. The molecule has 10 heteroatoms. The number of rotatable bonds is 6. The van der Waals surface area contributed by atoms with E-state index in [2.05, 4.69) is 15.6 Å². The molecule has 0 atom stereocenters. The minimum atomic E-state index is -4.11. The van der Waals surface area contributed by atoms with E-state index in [1.807, 2.05) is 0 Å². The van der Waals surface area contributed by atoms with Crippen LogP contribution in [0.4, 0.5) is 18.0 Å². The van der Waals surface area contributed by atoms with Gasteiger partial charge in [-0.2, -0.15) is 13.2 Å².